The monoisotopic (exact) mass is 178 g/mol. The molecule has 0 amide bonds. The highest BCUT2D eigenvalue weighted by atomic mass is 15.3. The number of aryl methyl sites for hydroxylation is 1. The minimum Gasteiger partial charge on any atom is -0.324 e. The Hall–Kier alpha value is -1.34. The second-order valence-corrected chi connectivity index (χ2v) is 3.11. The Bertz CT molecular complexity index is 319. The summed E-state index contributed by atoms with van der Waals surface area (Å²) >= 11 is 0. The third kappa shape index (κ3) is 2.07. The zero-order valence-electron chi connectivity index (χ0n) is 7.99. The number of aromatic nitrogens is 2. The molecule has 70 valence electrons. The van der Waals surface area contributed by atoms with Gasteiger partial charge in [0.25, 0.3) is 0 Å². The third-order valence-electron chi connectivity index (χ3n) is 2.07. The fourth-order valence-electron chi connectivity index (χ4n) is 1.29. The molecule has 1 atom stereocenters. The molecule has 0 aliphatic heterocycles. The lowest BCUT2D eigenvalue weighted by Crippen LogP contribution is -2.07. The van der Waals surface area contributed by atoms with Crippen LogP contribution in [0.15, 0.2) is 6.20 Å². The molecule has 0 aliphatic carbocycles. The topological polar surface area (TPSA) is 67.6 Å². The number of hydrogen-bond donors (Lipinski definition) is 1. The predicted octanol–water partition coefficient (Wildman–Crippen LogP) is 1.12. The Morgan fingerprint density at radius 2 is 2.46 bits per heavy atom. The summed E-state index contributed by atoms with van der Waals surface area (Å²) in [6, 6.07) is 2.10. The van der Waals surface area contributed by atoms with Crippen molar-refractivity contribution in [2.45, 2.75) is 32.9 Å². The van der Waals surface area contributed by atoms with Gasteiger partial charge in [0, 0.05) is 17.3 Å². The highest BCUT2D eigenvalue weighted by Crippen LogP contribution is 2.14. The Morgan fingerprint density at radius 3 is 2.92 bits per heavy atom. The number of hydrogen-bond acceptors (Lipinski definition) is 3. The van der Waals surface area contributed by atoms with E-state index in [0.29, 0.717) is 13.0 Å². The van der Waals surface area contributed by atoms with Crippen molar-refractivity contribution < 1.29 is 0 Å². The van der Waals surface area contributed by atoms with Crippen LogP contribution in [-0.4, -0.2) is 9.78 Å². The molecular formula is C9H14N4. The molecule has 0 bridgehead atoms. The molecule has 0 spiro atoms. The van der Waals surface area contributed by atoms with Gasteiger partial charge in [-0.25, -0.2) is 0 Å². The van der Waals surface area contributed by atoms with Crippen LogP contribution < -0.4 is 5.73 Å². The van der Waals surface area contributed by atoms with Crippen molar-refractivity contribution in [3.05, 3.63) is 17.5 Å². The van der Waals surface area contributed by atoms with Crippen LogP contribution in [0.3, 0.4) is 0 Å². The smallest absolute Gasteiger partial charge is 0.0641 e. The summed E-state index contributed by atoms with van der Waals surface area (Å²) in [5, 5.41) is 12.6. The summed E-state index contributed by atoms with van der Waals surface area (Å²) in [5.74, 6) is 0. The molecule has 13 heavy (non-hydrogen) atoms. The van der Waals surface area contributed by atoms with Crippen LogP contribution >= 0.6 is 0 Å². The maximum absolute atomic E-state index is 8.42. The third-order valence-corrected chi connectivity index (χ3v) is 2.07. The maximum atomic E-state index is 8.42. The summed E-state index contributed by atoms with van der Waals surface area (Å²) in [5.41, 5.74) is 7.85. The molecule has 0 aromatic carbocycles. The van der Waals surface area contributed by atoms with Crippen LogP contribution in [0, 0.1) is 18.3 Å². The largest absolute Gasteiger partial charge is 0.324 e. The molecular weight excluding hydrogens is 164 g/mol. The van der Waals surface area contributed by atoms with Crippen LogP contribution in [0.5, 0.6) is 0 Å². The van der Waals surface area contributed by atoms with Crippen molar-refractivity contribution in [1.29, 1.82) is 5.26 Å². The molecule has 4 nitrogen and oxygen atoms in total. The van der Waals surface area contributed by atoms with Crippen LogP contribution in [0.25, 0.3) is 0 Å². The number of nitrogens with two attached hydrogens (primary N) is 1. The quantitative estimate of drug-likeness (QED) is 0.754. The van der Waals surface area contributed by atoms with E-state index >= 15 is 0 Å². The molecule has 1 unspecified atom stereocenters. The number of nitriles is 1. The lowest BCUT2D eigenvalue weighted by atomic mass is 10.1. The van der Waals surface area contributed by atoms with Crippen molar-refractivity contribution in [3.63, 3.8) is 0 Å². The predicted molar refractivity (Wildman–Crippen MR) is 49.8 cm³/mol. The van der Waals surface area contributed by atoms with Gasteiger partial charge in [0.2, 0.25) is 0 Å². The van der Waals surface area contributed by atoms with E-state index in [1.807, 2.05) is 18.5 Å². The zero-order chi connectivity index (χ0) is 9.84. The SMILES string of the molecule is Cc1c(C(C)N)cnn1CCC#N. The molecule has 0 radical (unpaired) electrons. The summed E-state index contributed by atoms with van der Waals surface area (Å²) < 4.78 is 1.82. The highest BCUT2D eigenvalue weighted by Gasteiger charge is 2.08. The number of rotatable bonds is 3. The van der Waals surface area contributed by atoms with Gasteiger partial charge in [-0.15, -0.1) is 0 Å². The summed E-state index contributed by atoms with van der Waals surface area (Å²) in [6.45, 7) is 4.55. The molecule has 1 heterocycles. The normalized spacial score (nSPS) is 12.5. The average Bonchev–Trinajstić information content (AvgIpc) is 2.43. The fourth-order valence-corrected chi connectivity index (χ4v) is 1.29. The summed E-state index contributed by atoms with van der Waals surface area (Å²) in [7, 11) is 0. The summed E-state index contributed by atoms with van der Waals surface area (Å²) in [4.78, 5) is 0. The van der Waals surface area contributed by atoms with Gasteiger partial charge < -0.3 is 5.73 Å². The molecule has 1 rings (SSSR count). The Labute approximate surface area is 78.0 Å². The standard InChI is InChI=1S/C9H14N4/c1-7(11)9-6-12-13(8(9)2)5-3-4-10/h6-7H,3,5,11H2,1-2H3. The molecule has 0 aliphatic rings. The molecule has 0 saturated carbocycles. The van der Waals surface area contributed by atoms with Gasteiger partial charge in [-0.05, 0) is 13.8 Å². The van der Waals surface area contributed by atoms with Gasteiger partial charge in [0.1, 0.15) is 0 Å². The molecule has 2 N–H and O–H groups in total. The van der Waals surface area contributed by atoms with E-state index in [0.717, 1.165) is 11.3 Å². The van der Waals surface area contributed by atoms with E-state index in [1.54, 1.807) is 6.20 Å². The first-order valence-corrected chi connectivity index (χ1v) is 4.31. The van der Waals surface area contributed by atoms with Crippen LogP contribution in [0.4, 0.5) is 0 Å². The van der Waals surface area contributed by atoms with Gasteiger partial charge in [0.15, 0.2) is 0 Å². The van der Waals surface area contributed by atoms with Crippen molar-refractivity contribution in [1.82, 2.24) is 9.78 Å². The Morgan fingerprint density at radius 1 is 1.77 bits per heavy atom. The van der Waals surface area contributed by atoms with Crippen molar-refractivity contribution in [3.8, 4) is 6.07 Å². The van der Waals surface area contributed by atoms with E-state index in [1.165, 1.54) is 0 Å². The summed E-state index contributed by atoms with van der Waals surface area (Å²) in [6.07, 6.45) is 2.26. The minimum atomic E-state index is 0.0100. The fraction of sp³-hybridized carbons (Fsp3) is 0.556. The first-order chi connectivity index (χ1) is 6.16. The lowest BCUT2D eigenvalue weighted by molar-refractivity contribution is 0.607. The molecule has 0 fully saturated rings. The van der Waals surface area contributed by atoms with E-state index in [9.17, 15) is 0 Å². The highest BCUT2D eigenvalue weighted by molar-refractivity contribution is 5.19. The van der Waals surface area contributed by atoms with Crippen LogP contribution in [0.2, 0.25) is 0 Å². The first-order valence-electron chi connectivity index (χ1n) is 4.31. The van der Waals surface area contributed by atoms with E-state index in [4.69, 9.17) is 11.0 Å². The zero-order valence-corrected chi connectivity index (χ0v) is 7.99. The van der Waals surface area contributed by atoms with E-state index < -0.39 is 0 Å². The number of nitrogens with zero attached hydrogens (tertiary/aromatic N) is 3. The first kappa shape index (κ1) is 9.75. The minimum absolute atomic E-state index is 0.0100. The Kier molecular flexibility index (Phi) is 3.04. The van der Waals surface area contributed by atoms with Crippen molar-refractivity contribution in [2.75, 3.05) is 0 Å². The molecule has 1 aromatic rings. The Balaban J connectivity index is 2.81. The molecule has 0 saturated heterocycles. The lowest BCUT2D eigenvalue weighted by Gasteiger charge is -2.05. The van der Waals surface area contributed by atoms with Gasteiger partial charge in [-0.1, -0.05) is 0 Å². The van der Waals surface area contributed by atoms with Crippen molar-refractivity contribution in [2.24, 2.45) is 5.73 Å². The van der Waals surface area contributed by atoms with Crippen LogP contribution in [-0.2, 0) is 6.54 Å². The second-order valence-electron chi connectivity index (χ2n) is 3.11. The van der Waals surface area contributed by atoms with Gasteiger partial charge in [-0.3, -0.25) is 4.68 Å². The molecule has 4 heteroatoms. The maximum Gasteiger partial charge on any atom is 0.0641 e. The van der Waals surface area contributed by atoms with Gasteiger partial charge in [-0.2, -0.15) is 10.4 Å². The van der Waals surface area contributed by atoms with Gasteiger partial charge in [0.05, 0.1) is 25.2 Å². The van der Waals surface area contributed by atoms with E-state index in [2.05, 4.69) is 11.2 Å². The molecule has 1 aromatic heterocycles. The average molecular weight is 178 g/mol. The van der Waals surface area contributed by atoms with E-state index in [-0.39, 0.29) is 6.04 Å². The second kappa shape index (κ2) is 4.06. The van der Waals surface area contributed by atoms with Crippen molar-refractivity contribution >= 4 is 0 Å². The van der Waals surface area contributed by atoms with Gasteiger partial charge >= 0.3 is 0 Å². The van der Waals surface area contributed by atoms with Crippen LogP contribution in [0.1, 0.15) is 30.6 Å².